The van der Waals surface area contributed by atoms with Crippen molar-refractivity contribution < 1.29 is 0 Å². The SMILES string of the molecule is C[C@@H](Cc1ccc(C(C)(C)C)cc1)N=C(c1ccccc1)c1ccccc1. The van der Waals surface area contributed by atoms with Crippen LogP contribution in [0, 0.1) is 0 Å². The standard InChI is InChI=1S/C26H29N/c1-20(19-21-15-17-24(18-16-21)26(2,3)4)27-25(22-11-7-5-8-12-22)23-13-9-6-10-14-23/h5-18,20H,19H2,1-4H3/t20-/m0/s1. The average molecular weight is 356 g/mol. The third-order valence-corrected chi connectivity index (χ3v) is 4.80. The monoisotopic (exact) mass is 355 g/mol. The van der Waals surface area contributed by atoms with Gasteiger partial charge in [0.1, 0.15) is 0 Å². The molecule has 0 aliphatic carbocycles. The summed E-state index contributed by atoms with van der Waals surface area (Å²) in [6, 6.07) is 30.1. The number of hydrogen-bond donors (Lipinski definition) is 0. The summed E-state index contributed by atoms with van der Waals surface area (Å²) in [5.41, 5.74) is 6.29. The van der Waals surface area contributed by atoms with Gasteiger partial charge in [-0.15, -0.1) is 0 Å². The third kappa shape index (κ3) is 5.17. The lowest BCUT2D eigenvalue weighted by Crippen LogP contribution is -2.12. The van der Waals surface area contributed by atoms with Gasteiger partial charge in [0.05, 0.1) is 11.8 Å². The van der Waals surface area contributed by atoms with Crippen molar-refractivity contribution in [2.45, 2.75) is 45.6 Å². The molecule has 0 aliphatic heterocycles. The van der Waals surface area contributed by atoms with E-state index in [-0.39, 0.29) is 11.5 Å². The maximum Gasteiger partial charge on any atom is 0.0722 e. The summed E-state index contributed by atoms with van der Waals surface area (Å²) in [5, 5.41) is 0. The van der Waals surface area contributed by atoms with Crippen molar-refractivity contribution in [3.05, 3.63) is 107 Å². The maximum absolute atomic E-state index is 5.10. The minimum Gasteiger partial charge on any atom is -0.281 e. The molecule has 0 unspecified atom stereocenters. The lowest BCUT2D eigenvalue weighted by molar-refractivity contribution is 0.589. The second-order valence-electron chi connectivity index (χ2n) is 8.21. The molecule has 0 heterocycles. The lowest BCUT2D eigenvalue weighted by Gasteiger charge is -2.19. The number of benzene rings is 3. The highest BCUT2D eigenvalue weighted by atomic mass is 14.8. The molecule has 0 aliphatic rings. The first kappa shape index (κ1) is 19.1. The number of nitrogens with zero attached hydrogens (tertiary/aromatic N) is 1. The molecule has 0 fully saturated rings. The van der Waals surface area contributed by atoms with E-state index in [2.05, 4.69) is 100 Å². The van der Waals surface area contributed by atoms with E-state index in [9.17, 15) is 0 Å². The molecular formula is C26H29N. The fourth-order valence-corrected chi connectivity index (χ4v) is 3.26. The van der Waals surface area contributed by atoms with Crippen LogP contribution < -0.4 is 0 Å². The summed E-state index contributed by atoms with van der Waals surface area (Å²) in [4.78, 5) is 5.10. The molecule has 0 saturated heterocycles. The van der Waals surface area contributed by atoms with Gasteiger partial charge in [-0.05, 0) is 29.9 Å². The molecule has 3 aromatic carbocycles. The van der Waals surface area contributed by atoms with Crippen molar-refractivity contribution in [3.63, 3.8) is 0 Å². The summed E-state index contributed by atoms with van der Waals surface area (Å²) in [6.45, 7) is 8.95. The normalized spacial score (nSPS) is 12.4. The third-order valence-electron chi connectivity index (χ3n) is 4.80. The van der Waals surface area contributed by atoms with Gasteiger partial charge in [0.25, 0.3) is 0 Å². The fraction of sp³-hybridized carbons (Fsp3) is 0.269. The molecule has 3 aromatic rings. The zero-order chi connectivity index (χ0) is 19.3. The van der Waals surface area contributed by atoms with Gasteiger partial charge in [0, 0.05) is 11.1 Å². The molecule has 0 spiro atoms. The summed E-state index contributed by atoms with van der Waals surface area (Å²) in [5.74, 6) is 0. The summed E-state index contributed by atoms with van der Waals surface area (Å²) in [7, 11) is 0. The molecule has 1 heteroatoms. The van der Waals surface area contributed by atoms with E-state index in [1.165, 1.54) is 22.3 Å². The van der Waals surface area contributed by atoms with Crippen LogP contribution in [-0.2, 0) is 11.8 Å². The Morgan fingerprint density at radius 3 is 1.67 bits per heavy atom. The molecule has 0 N–H and O–H groups in total. The van der Waals surface area contributed by atoms with E-state index in [0.29, 0.717) is 0 Å². The van der Waals surface area contributed by atoms with Gasteiger partial charge in [0.2, 0.25) is 0 Å². The Hall–Kier alpha value is -2.67. The molecule has 3 rings (SSSR count). The Morgan fingerprint density at radius 2 is 1.22 bits per heavy atom. The minimum absolute atomic E-state index is 0.191. The van der Waals surface area contributed by atoms with Crippen LogP contribution in [0.2, 0.25) is 0 Å². The number of aliphatic imine (C=N–C) groups is 1. The van der Waals surface area contributed by atoms with Crippen molar-refractivity contribution in [1.29, 1.82) is 0 Å². The maximum atomic E-state index is 5.10. The van der Waals surface area contributed by atoms with E-state index in [1.54, 1.807) is 0 Å². The van der Waals surface area contributed by atoms with Gasteiger partial charge in [0.15, 0.2) is 0 Å². The Morgan fingerprint density at radius 1 is 0.741 bits per heavy atom. The second-order valence-corrected chi connectivity index (χ2v) is 8.21. The van der Waals surface area contributed by atoms with Crippen molar-refractivity contribution in [2.75, 3.05) is 0 Å². The van der Waals surface area contributed by atoms with Crippen molar-refractivity contribution in [3.8, 4) is 0 Å². The van der Waals surface area contributed by atoms with Crippen LogP contribution in [0.5, 0.6) is 0 Å². The van der Waals surface area contributed by atoms with Gasteiger partial charge in [-0.3, -0.25) is 4.99 Å². The molecule has 0 saturated carbocycles. The van der Waals surface area contributed by atoms with Crippen molar-refractivity contribution >= 4 is 5.71 Å². The van der Waals surface area contributed by atoms with Crippen LogP contribution in [0.3, 0.4) is 0 Å². The van der Waals surface area contributed by atoms with Gasteiger partial charge < -0.3 is 0 Å². The number of rotatable bonds is 5. The predicted octanol–water partition coefficient (Wildman–Crippen LogP) is 6.45. The highest BCUT2D eigenvalue weighted by Crippen LogP contribution is 2.23. The van der Waals surface area contributed by atoms with Crippen LogP contribution in [0.4, 0.5) is 0 Å². The molecule has 0 aromatic heterocycles. The Bertz CT molecular complexity index is 828. The molecule has 138 valence electrons. The van der Waals surface area contributed by atoms with Crippen LogP contribution in [0.15, 0.2) is 89.9 Å². The Balaban J connectivity index is 1.85. The first-order valence-corrected chi connectivity index (χ1v) is 9.71. The molecule has 27 heavy (non-hydrogen) atoms. The Kier molecular flexibility index (Phi) is 5.91. The van der Waals surface area contributed by atoms with Crippen LogP contribution in [-0.4, -0.2) is 11.8 Å². The average Bonchev–Trinajstić information content (AvgIpc) is 2.67. The van der Waals surface area contributed by atoms with Gasteiger partial charge in [-0.1, -0.05) is 106 Å². The fourth-order valence-electron chi connectivity index (χ4n) is 3.26. The largest absolute Gasteiger partial charge is 0.281 e. The van der Waals surface area contributed by atoms with E-state index in [4.69, 9.17) is 4.99 Å². The second kappa shape index (κ2) is 8.35. The van der Waals surface area contributed by atoms with E-state index in [1.807, 2.05) is 12.1 Å². The molecule has 0 amide bonds. The van der Waals surface area contributed by atoms with E-state index >= 15 is 0 Å². The number of hydrogen-bond acceptors (Lipinski definition) is 1. The molecule has 0 bridgehead atoms. The quantitative estimate of drug-likeness (QED) is 0.466. The smallest absolute Gasteiger partial charge is 0.0722 e. The topological polar surface area (TPSA) is 12.4 Å². The highest BCUT2D eigenvalue weighted by Gasteiger charge is 2.14. The molecule has 1 nitrogen and oxygen atoms in total. The van der Waals surface area contributed by atoms with Gasteiger partial charge in [-0.2, -0.15) is 0 Å². The Labute approximate surface area is 163 Å². The molecular weight excluding hydrogens is 326 g/mol. The first-order chi connectivity index (χ1) is 12.9. The predicted molar refractivity (Wildman–Crippen MR) is 117 cm³/mol. The zero-order valence-corrected chi connectivity index (χ0v) is 16.8. The first-order valence-electron chi connectivity index (χ1n) is 9.71. The van der Waals surface area contributed by atoms with E-state index in [0.717, 1.165) is 12.1 Å². The van der Waals surface area contributed by atoms with Crippen molar-refractivity contribution in [1.82, 2.24) is 0 Å². The van der Waals surface area contributed by atoms with Crippen LogP contribution in [0.1, 0.15) is 49.9 Å². The van der Waals surface area contributed by atoms with E-state index < -0.39 is 0 Å². The lowest BCUT2D eigenvalue weighted by atomic mass is 9.86. The molecule has 1 atom stereocenters. The van der Waals surface area contributed by atoms with Gasteiger partial charge in [-0.25, -0.2) is 0 Å². The zero-order valence-electron chi connectivity index (χ0n) is 16.8. The van der Waals surface area contributed by atoms with Gasteiger partial charge >= 0.3 is 0 Å². The summed E-state index contributed by atoms with van der Waals surface area (Å²) in [6.07, 6.45) is 0.938. The summed E-state index contributed by atoms with van der Waals surface area (Å²) < 4.78 is 0. The summed E-state index contributed by atoms with van der Waals surface area (Å²) >= 11 is 0. The van der Waals surface area contributed by atoms with Crippen LogP contribution >= 0.6 is 0 Å². The minimum atomic E-state index is 0.191. The van der Waals surface area contributed by atoms with Crippen LogP contribution in [0.25, 0.3) is 0 Å². The molecule has 0 radical (unpaired) electrons. The highest BCUT2D eigenvalue weighted by molar-refractivity contribution is 6.12. The van der Waals surface area contributed by atoms with Crippen molar-refractivity contribution in [2.24, 2.45) is 4.99 Å².